The molecule has 1 N–H and O–H groups in total. The first-order valence-electron chi connectivity index (χ1n) is 8.83. The van der Waals surface area contributed by atoms with Crippen molar-refractivity contribution in [1.29, 1.82) is 0 Å². The molecule has 1 aromatic carbocycles. The summed E-state index contributed by atoms with van der Waals surface area (Å²) in [6, 6.07) is 7.70. The third-order valence-electron chi connectivity index (χ3n) is 4.62. The van der Waals surface area contributed by atoms with Crippen LogP contribution in [0.25, 0.3) is 0 Å². The van der Waals surface area contributed by atoms with Gasteiger partial charge in [-0.2, -0.15) is 0 Å². The first-order chi connectivity index (χ1) is 11.9. The maximum absolute atomic E-state index is 12.4. The zero-order chi connectivity index (χ0) is 18.3. The zero-order valence-corrected chi connectivity index (χ0v) is 16.2. The number of benzene rings is 1. The van der Waals surface area contributed by atoms with Crippen molar-refractivity contribution in [3.05, 3.63) is 29.8 Å². The SMILES string of the molecule is COc1ccc(CCS(=O)(=O)NC[C@@H](C(C)C)N2CCOCC2)cc1. The summed E-state index contributed by atoms with van der Waals surface area (Å²) < 4.78 is 38.0. The van der Waals surface area contributed by atoms with Gasteiger partial charge < -0.3 is 9.47 Å². The minimum Gasteiger partial charge on any atom is -0.497 e. The molecule has 0 saturated carbocycles. The maximum atomic E-state index is 12.4. The normalized spacial score (nSPS) is 17.6. The molecule has 0 amide bonds. The molecule has 2 rings (SSSR count). The molecule has 1 aliphatic heterocycles. The number of nitrogens with one attached hydrogen (secondary N) is 1. The van der Waals surface area contributed by atoms with Crippen LogP contribution in [0.3, 0.4) is 0 Å². The standard InChI is InChI=1S/C18H30N2O4S/c1-15(2)18(20-9-11-24-12-10-20)14-19-25(21,22)13-8-16-4-6-17(23-3)7-5-16/h4-7,15,18-19H,8-14H2,1-3H3/t18-/m0/s1. The summed E-state index contributed by atoms with van der Waals surface area (Å²) in [4.78, 5) is 2.32. The Kier molecular flexibility index (Phi) is 7.68. The quantitative estimate of drug-likeness (QED) is 0.714. The molecular weight excluding hydrogens is 340 g/mol. The van der Waals surface area contributed by atoms with E-state index in [1.54, 1.807) is 7.11 Å². The van der Waals surface area contributed by atoms with Crippen LogP contribution in [0.4, 0.5) is 0 Å². The third-order valence-corrected chi connectivity index (χ3v) is 5.96. The van der Waals surface area contributed by atoms with Crippen LogP contribution in [-0.4, -0.2) is 65.1 Å². The van der Waals surface area contributed by atoms with Crippen molar-refractivity contribution in [3.63, 3.8) is 0 Å². The summed E-state index contributed by atoms with van der Waals surface area (Å²) in [6.07, 6.45) is 0.489. The van der Waals surface area contributed by atoms with Crippen LogP contribution < -0.4 is 9.46 Å². The van der Waals surface area contributed by atoms with E-state index in [9.17, 15) is 8.42 Å². The fraction of sp³-hybridized carbons (Fsp3) is 0.667. The molecular formula is C18H30N2O4S. The predicted molar refractivity (Wildman–Crippen MR) is 99.5 cm³/mol. The molecule has 1 fully saturated rings. The summed E-state index contributed by atoms with van der Waals surface area (Å²) in [5.41, 5.74) is 0.986. The molecule has 1 saturated heterocycles. The number of hydrogen-bond donors (Lipinski definition) is 1. The Morgan fingerprint density at radius 2 is 1.84 bits per heavy atom. The summed E-state index contributed by atoms with van der Waals surface area (Å²) in [7, 11) is -1.69. The minimum atomic E-state index is -3.30. The number of methoxy groups -OCH3 is 1. The summed E-state index contributed by atoms with van der Waals surface area (Å²) in [5, 5.41) is 0. The van der Waals surface area contributed by atoms with Crippen molar-refractivity contribution in [2.24, 2.45) is 5.92 Å². The molecule has 0 spiro atoms. The predicted octanol–water partition coefficient (Wildman–Crippen LogP) is 1.51. The largest absolute Gasteiger partial charge is 0.497 e. The summed E-state index contributed by atoms with van der Waals surface area (Å²) in [5.74, 6) is 1.24. The Bertz CT molecular complexity index is 610. The molecule has 142 valence electrons. The Balaban J connectivity index is 1.85. The lowest BCUT2D eigenvalue weighted by atomic mass is 10.0. The van der Waals surface area contributed by atoms with E-state index in [1.807, 2.05) is 24.3 Å². The van der Waals surface area contributed by atoms with Crippen molar-refractivity contribution in [1.82, 2.24) is 9.62 Å². The van der Waals surface area contributed by atoms with Gasteiger partial charge in [-0.25, -0.2) is 13.1 Å². The van der Waals surface area contributed by atoms with Crippen LogP contribution >= 0.6 is 0 Å². The number of ether oxygens (including phenoxy) is 2. The van der Waals surface area contributed by atoms with Crippen molar-refractivity contribution < 1.29 is 17.9 Å². The van der Waals surface area contributed by atoms with Gasteiger partial charge in [-0.3, -0.25) is 4.90 Å². The van der Waals surface area contributed by atoms with Gasteiger partial charge in [0.2, 0.25) is 10.0 Å². The second kappa shape index (κ2) is 9.52. The van der Waals surface area contributed by atoms with E-state index < -0.39 is 10.0 Å². The van der Waals surface area contributed by atoms with Crippen LogP contribution in [0.2, 0.25) is 0 Å². The lowest BCUT2D eigenvalue weighted by Crippen LogP contribution is -2.51. The van der Waals surface area contributed by atoms with Gasteiger partial charge >= 0.3 is 0 Å². The molecule has 1 atom stereocenters. The molecule has 0 radical (unpaired) electrons. The molecule has 0 aromatic heterocycles. The topological polar surface area (TPSA) is 67.9 Å². The van der Waals surface area contributed by atoms with Gasteiger partial charge in [0.25, 0.3) is 0 Å². The van der Waals surface area contributed by atoms with E-state index in [4.69, 9.17) is 9.47 Å². The Morgan fingerprint density at radius 1 is 1.20 bits per heavy atom. The molecule has 1 aliphatic rings. The minimum absolute atomic E-state index is 0.0905. The highest BCUT2D eigenvalue weighted by molar-refractivity contribution is 7.89. The van der Waals surface area contributed by atoms with E-state index in [-0.39, 0.29) is 11.8 Å². The average molecular weight is 371 g/mol. The van der Waals surface area contributed by atoms with E-state index in [1.165, 1.54) is 0 Å². The fourth-order valence-electron chi connectivity index (χ4n) is 3.02. The highest BCUT2D eigenvalue weighted by Gasteiger charge is 2.25. The Hall–Kier alpha value is -1.15. The van der Waals surface area contributed by atoms with Crippen LogP contribution in [0.1, 0.15) is 19.4 Å². The molecule has 0 aliphatic carbocycles. The first kappa shape index (κ1) is 20.2. The zero-order valence-electron chi connectivity index (χ0n) is 15.4. The van der Waals surface area contributed by atoms with Crippen molar-refractivity contribution in [2.45, 2.75) is 26.3 Å². The van der Waals surface area contributed by atoms with Gasteiger partial charge in [0.15, 0.2) is 0 Å². The van der Waals surface area contributed by atoms with Gasteiger partial charge in [-0.15, -0.1) is 0 Å². The second-order valence-corrected chi connectivity index (χ2v) is 8.65. The van der Waals surface area contributed by atoms with Crippen LogP contribution in [0, 0.1) is 5.92 Å². The first-order valence-corrected chi connectivity index (χ1v) is 10.5. The number of hydrogen-bond acceptors (Lipinski definition) is 5. The number of morpholine rings is 1. The molecule has 25 heavy (non-hydrogen) atoms. The smallest absolute Gasteiger partial charge is 0.211 e. The summed E-state index contributed by atoms with van der Waals surface area (Å²) in [6.45, 7) is 7.86. The van der Waals surface area contributed by atoms with Gasteiger partial charge in [0.1, 0.15) is 5.75 Å². The third kappa shape index (κ3) is 6.58. The number of sulfonamides is 1. The molecule has 1 aromatic rings. The molecule has 1 heterocycles. The monoisotopic (exact) mass is 370 g/mol. The van der Waals surface area contributed by atoms with Crippen molar-refractivity contribution >= 4 is 10.0 Å². The lowest BCUT2D eigenvalue weighted by Gasteiger charge is -2.36. The van der Waals surface area contributed by atoms with E-state index in [0.717, 1.165) is 24.4 Å². The fourth-order valence-corrected chi connectivity index (χ4v) is 4.10. The highest BCUT2D eigenvalue weighted by Crippen LogP contribution is 2.14. The van der Waals surface area contributed by atoms with Crippen LogP contribution in [0.15, 0.2) is 24.3 Å². The van der Waals surface area contributed by atoms with Gasteiger partial charge in [-0.1, -0.05) is 26.0 Å². The van der Waals surface area contributed by atoms with E-state index in [2.05, 4.69) is 23.5 Å². The molecule has 7 heteroatoms. The van der Waals surface area contributed by atoms with Gasteiger partial charge in [-0.05, 0) is 30.0 Å². The molecule has 0 unspecified atom stereocenters. The Morgan fingerprint density at radius 3 is 2.40 bits per heavy atom. The van der Waals surface area contributed by atoms with Crippen LogP contribution in [-0.2, 0) is 21.2 Å². The lowest BCUT2D eigenvalue weighted by molar-refractivity contribution is 0.00776. The highest BCUT2D eigenvalue weighted by atomic mass is 32.2. The number of rotatable bonds is 9. The van der Waals surface area contributed by atoms with Crippen molar-refractivity contribution in [2.75, 3.05) is 45.7 Å². The number of aryl methyl sites for hydroxylation is 1. The van der Waals surface area contributed by atoms with E-state index in [0.29, 0.717) is 32.1 Å². The molecule has 0 bridgehead atoms. The van der Waals surface area contributed by atoms with E-state index >= 15 is 0 Å². The van der Waals surface area contributed by atoms with Gasteiger partial charge in [0.05, 0.1) is 26.1 Å². The van der Waals surface area contributed by atoms with Crippen LogP contribution in [0.5, 0.6) is 5.75 Å². The molecule has 6 nitrogen and oxygen atoms in total. The maximum Gasteiger partial charge on any atom is 0.211 e. The second-order valence-electron chi connectivity index (χ2n) is 6.73. The Labute approximate surface area is 151 Å². The van der Waals surface area contributed by atoms with Gasteiger partial charge in [0, 0.05) is 25.7 Å². The summed E-state index contributed by atoms with van der Waals surface area (Å²) >= 11 is 0. The average Bonchev–Trinajstić information content (AvgIpc) is 2.61. The van der Waals surface area contributed by atoms with Crippen molar-refractivity contribution in [3.8, 4) is 5.75 Å². The number of nitrogens with zero attached hydrogens (tertiary/aromatic N) is 1.